The first kappa shape index (κ1) is 14.9. The van der Waals surface area contributed by atoms with Crippen molar-refractivity contribution in [1.82, 2.24) is 9.88 Å². The van der Waals surface area contributed by atoms with Crippen LogP contribution in [0.2, 0.25) is 0 Å². The Morgan fingerprint density at radius 3 is 2.70 bits per heavy atom. The Kier molecular flexibility index (Phi) is 4.69. The fourth-order valence-corrected chi connectivity index (χ4v) is 2.17. The van der Waals surface area contributed by atoms with Crippen molar-refractivity contribution in [2.75, 3.05) is 7.05 Å². The van der Waals surface area contributed by atoms with E-state index < -0.39 is 0 Å². The lowest BCUT2D eigenvalue weighted by atomic mass is 10.1. The van der Waals surface area contributed by atoms with Crippen LogP contribution in [-0.2, 0) is 0 Å². The zero-order valence-corrected chi connectivity index (χ0v) is 13.3. The summed E-state index contributed by atoms with van der Waals surface area (Å²) in [4.78, 5) is 18.1. The van der Waals surface area contributed by atoms with Crippen molar-refractivity contribution in [1.29, 1.82) is 0 Å². The minimum atomic E-state index is -0.379. The number of carbonyl (C=O) groups is 1. The van der Waals surface area contributed by atoms with E-state index in [0.717, 1.165) is 5.69 Å². The monoisotopic (exact) mass is 384 g/mol. The van der Waals surface area contributed by atoms with Crippen molar-refractivity contribution in [2.24, 2.45) is 0 Å². The molecular formula is C15H14FIN2O. The van der Waals surface area contributed by atoms with Crippen LogP contribution in [-0.4, -0.2) is 22.8 Å². The normalized spacial score (nSPS) is 12.0. The molecule has 20 heavy (non-hydrogen) atoms. The van der Waals surface area contributed by atoms with Gasteiger partial charge in [0.2, 0.25) is 0 Å². The van der Waals surface area contributed by atoms with E-state index in [1.165, 1.54) is 6.07 Å². The molecule has 1 atom stereocenters. The highest BCUT2D eigenvalue weighted by atomic mass is 127. The number of amides is 1. The fraction of sp³-hybridized carbons (Fsp3) is 0.200. The number of rotatable bonds is 3. The molecule has 0 N–H and O–H groups in total. The maximum absolute atomic E-state index is 13.5. The van der Waals surface area contributed by atoms with Gasteiger partial charge in [-0.2, -0.15) is 0 Å². The number of nitrogens with zero attached hydrogens (tertiary/aromatic N) is 2. The van der Waals surface area contributed by atoms with Gasteiger partial charge in [-0.25, -0.2) is 4.39 Å². The summed E-state index contributed by atoms with van der Waals surface area (Å²) in [7, 11) is 1.69. The van der Waals surface area contributed by atoms with E-state index in [2.05, 4.69) is 4.98 Å². The number of benzene rings is 1. The number of aromatic nitrogens is 1. The van der Waals surface area contributed by atoms with Crippen molar-refractivity contribution in [3.63, 3.8) is 0 Å². The van der Waals surface area contributed by atoms with Crippen molar-refractivity contribution in [3.05, 3.63) is 63.2 Å². The minimum absolute atomic E-state index is 0.175. The van der Waals surface area contributed by atoms with Crippen LogP contribution >= 0.6 is 22.6 Å². The van der Waals surface area contributed by atoms with Crippen LogP contribution in [0, 0.1) is 9.39 Å². The molecule has 1 unspecified atom stereocenters. The third-order valence-electron chi connectivity index (χ3n) is 3.18. The molecule has 0 aliphatic heterocycles. The molecule has 0 aliphatic carbocycles. The van der Waals surface area contributed by atoms with Crippen LogP contribution in [0.15, 0.2) is 42.6 Å². The molecule has 2 aromatic rings. The van der Waals surface area contributed by atoms with Crippen LogP contribution in [0.5, 0.6) is 0 Å². The Balaban J connectivity index is 2.22. The first-order valence-electron chi connectivity index (χ1n) is 6.14. The van der Waals surface area contributed by atoms with Gasteiger partial charge < -0.3 is 4.90 Å². The van der Waals surface area contributed by atoms with Crippen molar-refractivity contribution >= 4 is 28.5 Å². The summed E-state index contributed by atoms with van der Waals surface area (Å²) in [6.45, 7) is 1.89. The molecule has 0 aliphatic rings. The van der Waals surface area contributed by atoms with Gasteiger partial charge in [-0.05, 0) is 59.8 Å². The van der Waals surface area contributed by atoms with Gasteiger partial charge >= 0.3 is 0 Å². The quantitative estimate of drug-likeness (QED) is 0.757. The molecule has 0 fully saturated rings. The summed E-state index contributed by atoms with van der Waals surface area (Å²) in [6.07, 6.45) is 1.69. The van der Waals surface area contributed by atoms with Crippen LogP contribution in [0.4, 0.5) is 4.39 Å². The molecule has 1 aromatic carbocycles. The van der Waals surface area contributed by atoms with Crippen LogP contribution in [0.25, 0.3) is 0 Å². The topological polar surface area (TPSA) is 33.2 Å². The highest BCUT2D eigenvalue weighted by Crippen LogP contribution is 2.20. The van der Waals surface area contributed by atoms with E-state index in [4.69, 9.17) is 0 Å². The van der Waals surface area contributed by atoms with Gasteiger partial charge in [0, 0.05) is 22.4 Å². The molecule has 0 spiro atoms. The summed E-state index contributed by atoms with van der Waals surface area (Å²) in [5.74, 6) is -0.603. The molecule has 0 bridgehead atoms. The van der Waals surface area contributed by atoms with E-state index in [1.807, 2.05) is 47.7 Å². The van der Waals surface area contributed by atoms with Gasteiger partial charge in [-0.15, -0.1) is 0 Å². The lowest BCUT2D eigenvalue weighted by Gasteiger charge is -2.24. The Morgan fingerprint density at radius 2 is 2.10 bits per heavy atom. The molecule has 0 saturated carbocycles. The molecule has 1 amide bonds. The summed E-state index contributed by atoms with van der Waals surface area (Å²) in [5.41, 5.74) is 1.14. The maximum atomic E-state index is 13.5. The van der Waals surface area contributed by atoms with Gasteiger partial charge in [0.05, 0.1) is 11.7 Å². The van der Waals surface area contributed by atoms with Gasteiger partial charge in [0.15, 0.2) is 0 Å². The van der Waals surface area contributed by atoms with Gasteiger partial charge in [0.25, 0.3) is 5.91 Å². The lowest BCUT2D eigenvalue weighted by Crippen LogP contribution is -2.30. The van der Waals surface area contributed by atoms with E-state index in [0.29, 0.717) is 9.13 Å². The van der Waals surface area contributed by atoms with Crippen LogP contribution in [0.1, 0.15) is 29.0 Å². The van der Waals surface area contributed by atoms with Crippen LogP contribution in [0.3, 0.4) is 0 Å². The number of hydrogen-bond donors (Lipinski definition) is 0. The van der Waals surface area contributed by atoms with Gasteiger partial charge in [0.1, 0.15) is 5.82 Å². The molecule has 2 rings (SSSR count). The molecule has 0 saturated heterocycles. The van der Waals surface area contributed by atoms with E-state index in [1.54, 1.807) is 30.3 Å². The number of pyridine rings is 1. The van der Waals surface area contributed by atoms with Crippen molar-refractivity contribution in [2.45, 2.75) is 13.0 Å². The summed E-state index contributed by atoms with van der Waals surface area (Å²) >= 11 is 1.89. The fourth-order valence-electron chi connectivity index (χ4n) is 1.83. The zero-order valence-electron chi connectivity index (χ0n) is 11.2. The van der Waals surface area contributed by atoms with Crippen molar-refractivity contribution in [3.8, 4) is 0 Å². The second-order valence-corrected chi connectivity index (χ2v) is 5.64. The predicted molar refractivity (Wildman–Crippen MR) is 83.9 cm³/mol. The third kappa shape index (κ3) is 3.15. The molecule has 1 heterocycles. The summed E-state index contributed by atoms with van der Waals surface area (Å²) in [6, 6.07) is 9.89. The predicted octanol–water partition coefficient (Wildman–Crippen LogP) is 3.66. The number of hydrogen-bond acceptors (Lipinski definition) is 2. The highest BCUT2D eigenvalue weighted by Gasteiger charge is 2.20. The molecule has 3 nitrogen and oxygen atoms in total. The van der Waals surface area contributed by atoms with Crippen molar-refractivity contribution < 1.29 is 9.18 Å². The maximum Gasteiger partial charge on any atom is 0.254 e. The first-order chi connectivity index (χ1) is 9.50. The second-order valence-electron chi connectivity index (χ2n) is 4.48. The Labute approximate surface area is 131 Å². The Bertz CT molecular complexity index is 619. The average Bonchev–Trinajstić information content (AvgIpc) is 2.48. The van der Waals surface area contributed by atoms with E-state index in [-0.39, 0.29) is 17.8 Å². The van der Waals surface area contributed by atoms with E-state index in [9.17, 15) is 9.18 Å². The summed E-state index contributed by atoms with van der Waals surface area (Å²) < 4.78 is 14.0. The summed E-state index contributed by atoms with van der Waals surface area (Å²) in [5, 5.41) is 0. The Hall–Kier alpha value is -1.50. The van der Waals surface area contributed by atoms with Crippen LogP contribution < -0.4 is 0 Å². The third-order valence-corrected chi connectivity index (χ3v) is 4.06. The highest BCUT2D eigenvalue weighted by molar-refractivity contribution is 14.1. The molecular weight excluding hydrogens is 370 g/mol. The minimum Gasteiger partial charge on any atom is -0.333 e. The second kappa shape index (κ2) is 6.30. The lowest BCUT2D eigenvalue weighted by molar-refractivity contribution is 0.0739. The van der Waals surface area contributed by atoms with Gasteiger partial charge in [-0.3, -0.25) is 9.78 Å². The SMILES string of the molecule is CC(c1ccccn1)N(C)C(=O)c1ccc(I)c(F)c1. The molecule has 0 radical (unpaired) electrons. The first-order valence-corrected chi connectivity index (χ1v) is 7.21. The average molecular weight is 384 g/mol. The Morgan fingerprint density at radius 1 is 1.35 bits per heavy atom. The molecule has 104 valence electrons. The van der Waals surface area contributed by atoms with Gasteiger partial charge in [-0.1, -0.05) is 6.07 Å². The van der Waals surface area contributed by atoms with E-state index >= 15 is 0 Å². The number of halogens is 2. The zero-order chi connectivity index (χ0) is 14.7. The molecule has 1 aromatic heterocycles. The largest absolute Gasteiger partial charge is 0.333 e. The smallest absolute Gasteiger partial charge is 0.254 e. The standard InChI is InChI=1S/C15H14FIN2O/c1-10(14-5-3-4-8-18-14)19(2)15(20)11-6-7-13(17)12(16)9-11/h3-10H,1-2H3. The number of carbonyl (C=O) groups excluding carboxylic acids is 1. The molecule has 5 heteroatoms.